The summed E-state index contributed by atoms with van der Waals surface area (Å²) in [5, 5.41) is 2.93. The molecule has 26 heavy (non-hydrogen) atoms. The Morgan fingerprint density at radius 3 is 2.27 bits per heavy atom. The van der Waals surface area contributed by atoms with Gasteiger partial charge in [-0.3, -0.25) is 4.79 Å². The number of nitrogens with one attached hydrogen (secondary N) is 1. The van der Waals surface area contributed by atoms with E-state index in [1.165, 1.54) is 5.56 Å². The van der Waals surface area contributed by atoms with E-state index in [1.54, 1.807) is 6.07 Å². The first-order valence-electron chi connectivity index (χ1n) is 8.73. The molecule has 0 radical (unpaired) electrons. The molecule has 0 heterocycles. The smallest absolute Gasteiger partial charge is 0.256 e. The summed E-state index contributed by atoms with van der Waals surface area (Å²) in [5.74, 6) is 6.13. The molecule has 1 amide bonds. The maximum atomic E-state index is 12.6. The van der Waals surface area contributed by atoms with Crippen LogP contribution in [0.2, 0.25) is 0 Å². The first-order chi connectivity index (χ1) is 12.7. The van der Waals surface area contributed by atoms with E-state index in [4.69, 9.17) is 0 Å². The number of benzene rings is 3. The lowest BCUT2D eigenvalue weighted by atomic mass is 10.1. The van der Waals surface area contributed by atoms with Crippen LogP contribution in [0.1, 0.15) is 39.5 Å². The highest BCUT2D eigenvalue weighted by Crippen LogP contribution is 2.14. The van der Waals surface area contributed by atoms with E-state index in [9.17, 15) is 4.79 Å². The summed E-state index contributed by atoms with van der Waals surface area (Å²) >= 11 is 0. The number of amides is 1. The van der Waals surface area contributed by atoms with Gasteiger partial charge >= 0.3 is 0 Å². The molecule has 0 unspecified atom stereocenters. The molecule has 0 fully saturated rings. The highest BCUT2D eigenvalue weighted by molar-refractivity contribution is 6.06. The summed E-state index contributed by atoms with van der Waals surface area (Å²) in [6.45, 7) is 4.15. The Morgan fingerprint density at radius 1 is 0.885 bits per heavy atom. The van der Waals surface area contributed by atoms with Crippen molar-refractivity contribution in [1.29, 1.82) is 0 Å². The van der Waals surface area contributed by atoms with Crippen LogP contribution in [0.15, 0.2) is 72.8 Å². The fraction of sp³-hybridized carbons (Fsp3) is 0.125. The minimum Gasteiger partial charge on any atom is -0.322 e. The first kappa shape index (κ1) is 17.5. The van der Waals surface area contributed by atoms with Crippen LogP contribution < -0.4 is 5.32 Å². The summed E-state index contributed by atoms with van der Waals surface area (Å²) in [4.78, 5) is 12.6. The third kappa shape index (κ3) is 4.40. The maximum Gasteiger partial charge on any atom is 0.256 e. The molecule has 1 N–H and O–H groups in total. The Labute approximate surface area is 154 Å². The van der Waals surface area contributed by atoms with Crippen molar-refractivity contribution < 1.29 is 4.79 Å². The Kier molecular flexibility index (Phi) is 5.51. The summed E-state index contributed by atoms with van der Waals surface area (Å²) < 4.78 is 0. The van der Waals surface area contributed by atoms with Crippen molar-refractivity contribution >= 4 is 11.6 Å². The molecular weight excluding hydrogens is 318 g/mol. The van der Waals surface area contributed by atoms with Gasteiger partial charge in [-0.2, -0.15) is 0 Å². The molecule has 2 heteroatoms. The number of aryl methyl sites for hydroxylation is 2. The highest BCUT2D eigenvalue weighted by Gasteiger charge is 2.09. The Bertz CT molecular complexity index is 958. The minimum absolute atomic E-state index is 0.153. The second-order valence-electron chi connectivity index (χ2n) is 6.17. The van der Waals surface area contributed by atoms with Crippen molar-refractivity contribution in [3.05, 3.63) is 101 Å². The van der Waals surface area contributed by atoms with Crippen molar-refractivity contribution in [2.75, 3.05) is 5.32 Å². The van der Waals surface area contributed by atoms with Gasteiger partial charge < -0.3 is 5.32 Å². The molecule has 2 nitrogen and oxygen atoms in total. The van der Waals surface area contributed by atoms with Crippen LogP contribution >= 0.6 is 0 Å². The van der Waals surface area contributed by atoms with E-state index in [1.807, 2.05) is 61.5 Å². The third-order valence-corrected chi connectivity index (χ3v) is 4.18. The number of carbonyl (C=O) groups excluding carboxylic acids is 1. The van der Waals surface area contributed by atoms with Gasteiger partial charge in [0.1, 0.15) is 0 Å². The van der Waals surface area contributed by atoms with Crippen LogP contribution in [0.3, 0.4) is 0 Å². The Hall–Kier alpha value is -3.31. The quantitative estimate of drug-likeness (QED) is 0.652. The van der Waals surface area contributed by atoms with E-state index < -0.39 is 0 Å². The molecular formula is C24H21NO. The molecule has 0 aliphatic carbocycles. The van der Waals surface area contributed by atoms with Gasteiger partial charge in [0.15, 0.2) is 0 Å². The molecule has 0 spiro atoms. The van der Waals surface area contributed by atoms with Gasteiger partial charge in [-0.05, 0) is 55.3 Å². The van der Waals surface area contributed by atoms with Crippen LogP contribution in [0.5, 0.6) is 0 Å². The van der Waals surface area contributed by atoms with Crippen LogP contribution in [-0.2, 0) is 6.42 Å². The zero-order valence-electron chi connectivity index (χ0n) is 15.0. The molecule has 0 atom stereocenters. The number of hydrogen-bond acceptors (Lipinski definition) is 1. The highest BCUT2D eigenvalue weighted by atomic mass is 16.1. The van der Waals surface area contributed by atoms with E-state index >= 15 is 0 Å². The van der Waals surface area contributed by atoms with Crippen LogP contribution in [0, 0.1) is 18.8 Å². The zero-order valence-corrected chi connectivity index (χ0v) is 15.0. The molecule has 3 aromatic rings. The van der Waals surface area contributed by atoms with Crippen molar-refractivity contribution in [3.8, 4) is 11.8 Å². The minimum atomic E-state index is -0.153. The van der Waals surface area contributed by atoms with Crippen molar-refractivity contribution in [1.82, 2.24) is 0 Å². The van der Waals surface area contributed by atoms with Gasteiger partial charge in [0, 0.05) is 16.8 Å². The second kappa shape index (κ2) is 8.18. The summed E-state index contributed by atoms with van der Waals surface area (Å²) in [7, 11) is 0. The summed E-state index contributed by atoms with van der Waals surface area (Å²) in [6.07, 6.45) is 1.01. The van der Waals surface area contributed by atoms with Gasteiger partial charge in [0.25, 0.3) is 5.91 Å². The monoisotopic (exact) mass is 339 g/mol. The lowest BCUT2D eigenvalue weighted by Crippen LogP contribution is -2.13. The predicted molar refractivity (Wildman–Crippen MR) is 107 cm³/mol. The molecule has 0 saturated heterocycles. The van der Waals surface area contributed by atoms with E-state index in [0.717, 1.165) is 28.8 Å². The molecule has 0 saturated carbocycles. The van der Waals surface area contributed by atoms with Gasteiger partial charge in [-0.15, -0.1) is 0 Å². The average Bonchev–Trinajstić information content (AvgIpc) is 2.68. The average molecular weight is 339 g/mol. The standard InChI is InChI=1S/C24H21NO/c1-3-19-10-12-20(13-11-19)14-15-21-6-4-5-7-23(21)24(26)25-22-16-8-18(2)9-17-22/h4-13,16-17H,3H2,1-2H3,(H,25,26). The Morgan fingerprint density at radius 2 is 1.58 bits per heavy atom. The van der Waals surface area contributed by atoms with E-state index in [0.29, 0.717) is 5.56 Å². The van der Waals surface area contributed by atoms with Crippen molar-refractivity contribution in [2.45, 2.75) is 20.3 Å². The predicted octanol–water partition coefficient (Wildman–Crippen LogP) is 5.21. The lowest BCUT2D eigenvalue weighted by molar-refractivity contribution is 0.102. The molecule has 0 bridgehead atoms. The van der Waals surface area contributed by atoms with Crippen molar-refractivity contribution in [2.24, 2.45) is 0 Å². The summed E-state index contributed by atoms with van der Waals surface area (Å²) in [6, 6.07) is 23.4. The van der Waals surface area contributed by atoms with E-state index in [2.05, 4.69) is 36.2 Å². The number of rotatable bonds is 3. The van der Waals surface area contributed by atoms with Crippen molar-refractivity contribution in [3.63, 3.8) is 0 Å². The first-order valence-corrected chi connectivity index (χ1v) is 8.73. The molecule has 0 aromatic heterocycles. The SMILES string of the molecule is CCc1ccc(C#Cc2ccccc2C(=O)Nc2ccc(C)cc2)cc1. The van der Waals surface area contributed by atoms with Gasteiger partial charge in [0.2, 0.25) is 0 Å². The molecule has 0 aliphatic rings. The van der Waals surface area contributed by atoms with Crippen LogP contribution in [-0.4, -0.2) is 5.91 Å². The molecule has 3 rings (SSSR count). The number of hydrogen-bond donors (Lipinski definition) is 1. The third-order valence-electron chi connectivity index (χ3n) is 4.18. The van der Waals surface area contributed by atoms with Crippen LogP contribution in [0.4, 0.5) is 5.69 Å². The van der Waals surface area contributed by atoms with Crippen LogP contribution in [0.25, 0.3) is 0 Å². The number of anilines is 1. The fourth-order valence-electron chi connectivity index (χ4n) is 2.59. The van der Waals surface area contributed by atoms with E-state index in [-0.39, 0.29) is 5.91 Å². The zero-order chi connectivity index (χ0) is 18.4. The lowest BCUT2D eigenvalue weighted by Gasteiger charge is -2.07. The molecule has 0 aliphatic heterocycles. The largest absolute Gasteiger partial charge is 0.322 e. The van der Waals surface area contributed by atoms with Gasteiger partial charge in [-0.1, -0.05) is 60.7 Å². The maximum absolute atomic E-state index is 12.6. The molecule has 3 aromatic carbocycles. The topological polar surface area (TPSA) is 29.1 Å². The Balaban J connectivity index is 1.82. The van der Waals surface area contributed by atoms with Gasteiger partial charge in [0.05, 0.1) is 5.56 Å². The van der Waals surface area contributed by atoms with Gasteiger partial charge in [-0.25, -0.2) is 0 Å². The normalized spacial score (nSPS) is 9.92. The summed E-state index contributed by atoms with van der Waals surface area (Å²) in [5.41, 5.74) is 5.45. The molecule has 128 valence electrons. The number of carbonyl (C=O) groups is 1. The second-order valence-corrected chi connectivity index (χ2v) is 6.17. The fourth-order valence-corrected chi connectivity index (χ4v) is 2.59.